The zero-order valence-electron chi connectivity index (χ0n) is 69.5. The van der Waals surface area contributed by atoms with E-state index in [0.717, 1.165) is 139 Å². The van der Waals surface area contributed by atoms with E-state index in [9.17, 15) is 0 Å². The SMILES string of the molecule is CC1(C)c2cc(-c3cccc4c3oc3ccccc34)ccc2-c2ccc(N(c3ccc(-c4ccccc4)cc3)c3ccc(-c4ccc(-c5ccccc5)cc4)cc3)cc21.c1ccc(-c2ccc(-c3ccc(N(c4ccc(-c5ccc(-c6cccc7c6oc6ccccc67)cc5)cc4)c4ccc(-c5cccc6c5oc5ccccc56)cc4)c4ccccc34)cc2)cc1. The average molecular weight is 1610 g/mol. The molecule has 594 valence electrons. The number of rotatable bonds is 15. The molecule has 126 heavy (non-hydrogen) atoms. The Morgan fingerprint density at radius 3 is 0.825 bits per heavy atom. The van der Waals surface area contributed by atoms with E-state index in [1.54, 1.807) is 0 Å². The van der Waals surface area contributed by atoms with Gasteiger partial charge in [-0.1, -0.05) is 384 Å². The molecule has 5 nitrogen and oxygen atoms in total. The second kappa shape index (κ2) is 31.3. The van der Waals surface area contributed by atoms with Gasteiger partial charge < -0.3 is 23.1 Å². The maximum Gasteiger partial charge on any atom is 0.143 e. The number of anilines is 6. The van der Waals surface area contributed by atoms with Crippen LogP contribution in [0.25, 0.3) is 188 Å². The third kappa shape index (κ3) is 13.4. The highest BCUT2D eigenvalue weighted by Gasteiger charge is 2.37. The van der Waals surface area contributed by atoms with Crippen LogP contribution in [-0.2, 0) is 5.41 Å². The number of hydrogen-bond donors (Lipinski definition) is 0. The fourth-order valence-corrected chi connectivity index (χ4v) is 19.2. The molecule has 20 aromatic carbocycles. The maximum absolute atomic E-state index is 6.48. The summed E-state index contributed by atoms with van der Waals surface area (Å²) in [6, 6.07) is 166. The Balaban J connectivity index is 0.000000146. The van der Waals surface area contributed by atoms with E-state index < -0.39 is 0 Å². The number of fused-ring (bicyclic) bond motifs is 13. The van der Waals surface area contributed by atoms with Crippen LogP contribution in [0.5, 0.6) is 0 Å². The molecule has 1 aliphatic carbocycles. The molecular weight excluding hydrogens is 1530 g/mol. The molecule has 3 heterocycles. The van der Waals surface area contributed by atoms with Crippen molar-refractivity contribution in [1.29, 1.82) is 0 Å². The van der Waals surface area contributed by atoms with Crippen LogP contribution in [0.4, 0.5) is 34.1 Å². The fraction of sp³-hybridized carbons (Fsp3) is 0.0248. The summed E-state index contributed by atoms with van der Waals surface area (Å²) in [6.07, 6.45) is 0. The second-order valence-electron chi connectivity index (χ2n) is 33.3. The minimum atomic E-state index is -0.225. The van der Waals surface area contributed by atoms with E-state index in [4.69, 9.17) is 13.3 Å². The van der Waals surface area contributed by atoms with Crippen LogP contribution in [-0.4, -0.2) is 0 Å². The molecule has 24 rings (SSSR count). The van der Waals surface area contributed by atoms with E-state index in [1.165, 1.54) is 94.2 Å². The van der Waals surface area contributed by atoms with Gasteiger partial charge in [0.25, 0.3) is 0 Å². The third-order valence-electron chi connectivity index (χ3n) is 25.7. The lowest BCUT2D eigenvalue weighted by molar-refractivity contribution is 0.660. The van der Waals surface area contributed by atoms with E-state index in [1.807, 2.05) is 30.3 Å². The summed E-state index contributed by atoms with van der Waals surface area (Å²) in [5, 5.41) is 9.19. The predicted molar refractivity (Wildman–Crippen MR) is 528 cm³/mol. The topological polar surface area (TPSA) is 45.9 Å². The molecule has 0 aliphatic heterocycles. The first-order valence-corrected chi connectivity index (χ1v) is 43.2. The molecule has 0 radical (unpaired) electrons. The van der Waals surface area contributed by atoms with Gasteiger partial charge in [-0.25, -0.2) is 0 Å². The van der Waals surface area contributed by atoms with Gasteiger partial charge in [-0.3, -0.25) is 0 Å². The Morgan fingerprint density at radius 2 is 0.429 bits per heavy atom. The highest BCUT2D eigenvalue weighted by Crippen LogP contribution is 2.54. The molecule has 0 saturated heterocycles. The molecule has 3 aromatic heterocycles. The molecule has 0 N–H and O–H groups in total. The molecule has 23 aromatic rings. The largest absolute Gasteiger partial charge is 0.455 e. The Kier molecular flexibility index (Phi) is 18.5. The lowest BCUT2D eigenvalue weighted by Crippen LogP contribution is -2.16. The number of benzene rings is 20. The first-order chi connectivity index (χ1) is 62.2. The second-order valence-corrected chi connectivity index (χ2v) is 33.3. The van der Waals surface area contributed by atoms with Gasteiger partial charge >= 0.3 is 0 Å². The van der Waals surface area contributed by atoms with Crippen molar-refractivity contribution in [2.75, 3.05) is 9.80 Å². The molecule has 0 fully saturated rings. The molecule has 1 aliphatic rings. The van der Waals surface area contributed by atoms with Crippen LogP contribution in [0.15, 0.2) is 474 Å². The summed E-state index contributed by atoms with van der Waals surface area (Å²) in [5.41, 5.74) is 38.1. The van der Waals surface area contributed by atoms with Gasteiger partial charge in [-0.15, -0.1) is 0 Å². The first kappa shape index (κ1) is 74.7. The molecule has 0 bridgehead atoms. The van der Waals surface area contributed by atoms with Crippen molar-refractivity contribution >= 4 is 111 Å². The Labute approximate surface area is 731 Å². The standard InChI is InChI=1S/C64H41NO2.C57H41NO/c1-2-12-42(13-3-1)43-24-28-46(29-25-43)51-40-41-60(55-15-5-4-14-54(51)55)65(50-38-34-48(35-39-50)53-19-11-21-59-57-17-7-9-23-62(57)67-64(53)59)49-36-32-45(33-37-49)44-26-30-47(31-27-44)52-18-10-20-58-56-16-6-8-22-61(56)66-63(52)58;1-57(2)53-36-44(48-17-11-18-52-51-16-9-10-19-55(51)59-56(48)52)28-34-49(53)50-35-33-47(37-54(50)57)58(45-29-24-42(25-30-45)39-14-7-4-8-15-39)46-31-26-43(27-32-46)41-22-20-40(21-23-41)38-12-5-3-6-13-38/h1-41H;3-37H,1-2H3. The summed E-state index contributed by atoms with van der Waals surface area (Å²) in [6.45, 7) is 4.73. The molecule has 0 amide bonds. The summed E-state index contributed by atoms with van der Waals surface area (Å²) < 4.78 is 19.3. The summed E-state index contributed by atoms with van der Waals surface area (Å²) >= 11 is 0. The van der Waals surface area contributed by atoms with Gasteiger partial charge in [0, 0.05) is 88.2 Å². The predicted octanol–water partition coefficient (Wildman–Crippen LogP) is 34.5. The van der Waals surface area contributed by atoms with Crippen molar-refractivity contribution in [3.8, 4) is 111 Å². The maximum atomic E-state index is 6.48. The molecule has 0 spiro atoms. The van der Waals surface area contributed by atoms with Gasteiger partial charge in [-0.2, -0.15) is 0 Å². The van der Waals surface area contributed by atoms with Crippen molar-refractivity contribution in [2.24, 2.45) is 0 Å². The average Bonchev–Trinajstić information content (AvgIpc) is 1.55. The van der Waals surface area contributed by atoms with Crippen molar-refractivity contribution in [3.05, 3.63) is 472 Å². The van der Waals surface area contributed by atoms with Crippen LogP contribution in [0, 0.1) is 0 Å². The van der Waals surface area contributed by atoms with Crippen molar-refractivity contribution in [3.63, 3.8) is 0 Å². The lowest BCUT2D eigenvalue weighted by Gasteiger charge is -2.28. The first-order valence-electron chi connectivity index (χ1n) is 43.2. The molecule has 0 unspecified atom stereocenters. The van der Waals surface area contributed by atoms with E-state index in [2.05, 4.69) is 454 Å². The molecule has 0 saturated carbocycles. The van der Waals surface area contributed by atoms with Crippen LogP contribution in [0.2, 0.25) is 0 Å². The van der Waals surface area contributed by atoms with Gasteiger partial charge in [0.15, 0.2) is 0 Å². The van der Waals surface area contributed by atoms with Gasteiger partial charge in [-0.05, 0) is 202 Å². The third-order valence-corrected chi connectivity index (χ3v) is 25.7. The quantitative estimate of drug-likeness (QED) is 0.102. The smallest absolute Gasteiger partial charge is 0.143 e. The van der Waals surface area contributed by atoms with Gasteiger partial charge in [0.2, 0.25) is 0 Å². The zero-order chi connectivity index (χ0) is 83.8. The minimum Gasteiger partial charge on any atom is -0.455 e. The van der Waals surface area contributed by atoms with E-state index >= 15 is 0 Å². The van der Waals surface area contributed by atoms with Crippen molar-refractivity contribution in [2.45, 2.75) is 19.3 Å². The van der Waals surface area contributed by atoms with E-state index in [0.29, 0.717) is 0 Å². The number of furan rings is 3. The zero-order valence-corrected chi connectivity index (χ0v) is 69.5. The normalized spacial score (nSPS) is 12.1. The Bertz CT molecular complexity index is 8030. The van der Waals surface area contributed by atoms with Crippen LogP contribution in [0.3, 0.4) is 0 Å². The van der Waals surface area contributed by atoms with Gasteiger partial charge in [0.05, 0.1) is 5.69 Å². The summed E-state index contributed by atoms with van der Waals surface area (Å²) in [5.74, 6) is 0. The number of hydrogen-bond acceptors (Lipinski definition) is 5. The van der Waals surface area contributed by atoms with Crippen LogP contribution in [0.1, 0.15) is 25.0 Å². The lowest BCUT2D eigenvalue weighted by atomic mass is 9.81. The van der Waals surface area contributed by atoms with E-state index in [-0.39, 0.29) is 5.41 Å². The van der Waals surface area contributed by atoms with Gasteiger partial charge in [0.1, 0.15) is 33.5 Å². The number of nitrogens with zero attached hydrogens (tertiary/aromatic N) is 2. The summed E-state index contributed by atoms with van der Waals surface area (Å²) in [7, 11) is 0. The highest BCUT2D eigenvalue weighted by atomic mass is 16.3. The van der Waals surface area contributed by atoms with Crippen molar-refractivity contribution in [1.82, 2.24) is 0 Å². The summed E-state index contributed by atoms with van der Waals surface area (Å²) in [4.78, 5) is 4.78. The number of para-hydroxylation sites is 6. The minimum absolute atomic E-state index is 0.225. The molecule has 0 atom stereocenters. The fourth-order valence-electron chi connectivity index (χ4n) is 19.2. The van der Waals surface area contributed by atoms with Crippen molar-refractivity contribution < 1.29 is 13.3 Å². The monoisotopic (exact) mass is 1610 g/mol. The highest BCUT2D eigenvalue weighted by molar-refractivity contribution is 6.13. The molecular formula is C121H82N2O3. The van der Waals surface area contributed by atoms with Crippen LogP contribution < -0.4 is 9.80 Å². The Hall–Kier alpha value is -16.3. The van der Waals surface area contributed by atoms with Crippen LogP contribution >= 0.6 is 0 Å². The molecule has 5 heteroatoms. The Morgan fingerprint density at radius 1 is 0.167 bits per heavy atom.